The summed E-state index contributed by atoms with van der Waals surface area (Å²) in [7, 11) is 0. The zero-order valence-electron chi connectivity index (χ0n) is 10.6. The van der Waals surface area contributed by atoms with E-state index >= 15 is 0 Å². The summed E-state index contributed by atoms with van der Waals surface area (Å²) in [5.41, 5.74) is 0. The van der Waals surface area contributed by atoms with E-state index in [-0.39, 0.29) is 5.91 Å². The number of allylic oxidation sites excluding steroid dienone is 2. The molecule has 1 saturated carbocycles. The molecule has 2 aliphatic carbocycles. The standard InChI is InChI=1S/C14H22N2O/c1-11(17)16-6-4-15(5-7-16)10-14-9-12-2-3-13(14)8-12/h2-3,12-14H,4-10H2,1H3. The van der Waals surface area contributed by atoms with Crippen molar-refractivity contribution in [2.24, 2.45) is 17.8 Å². The van der Waals surface area contributed by atoms with Gasteiger partial charge >= 0.3 is 0 Å². The Bertz CT molecular complexity index is 331. The van der Waals surface area contributed by atoms with Crippen LogP contribution in [-0.2, 0) is 4.79 Å². The van der Waals surface area contributed by atoms with Gasteiger partial charge in [0.05, 0.1) is 0 Å². The Kier molecular flexibility index (Phi) is 2.95. The van der Waals surface area contributed by atoms with Crippen LogP contribution in [0.25, 0.3) is 0 Å². The lowest BCUT2D eigenvalue weighted by Crippen LogP contribution is -2.49. The van der Waals surface area contributed by atoms with E-state index in [1.807, 2.05) is 4.90 Å². The molecule has 1 heterocycles. The van der Waals surface area contributed by atoms with E-state index in [2.05, 4.69) is 17.1 Å². The second-order valence-electron chi connectivity index (χ2n) is 5.85. The summed E-state index contributed by atoms with van der Waals surface area (Å²) in [4.78, 5) is 15.8. The molecule has 1 aliphatic heterocycles. The molecule has 17 heavy (non-hydrogen) atoms. The van der Waals surface area contributed by atoms with Crippen LogP contribution in [0.3, 0.4) is 0 Å². The monoisotopic (exact) mass is 234 g/mol. The number of rotatable bonds is 2. The highest BCUT2D eigenvalue weighted by atomic mass is 16.2. The molecule has 3 heteroatoms. The van der Waals surface area contributed by atoms with Gasteiger partial charge in [-0.05, 0) is 30.6 Å². The Balaban J connectivity index is 1.48. The van der Waals surface area contributed by atoms with Crippen molar-refractivity contribution in [2.75, 3.05) is 32.7 Å². The van der Waals surface area contributed by atoms with E-state index in [0.29, 0.717) is 0 Å². The van der Waals surface area contributed by atoms with Crippen LogP contribution in [-0.4, -0.2) is 48.4 Å². The van der Waals surface area contributed by atoms with E-state index in [9.17, 15) is 4.79 Å². The van der Waals surface area contributed by atoms with Gasteiger partial charge in [0.25, 0.3) is 0 Å². The normalized spacial score (nSPS) is 36.8. The van der Waals surface area contributed by atoms with Crippen molar-refractivity contribution in [3.8, 4) is 0 Å². The van der Waals surface area contributed by atoms with Crippen LogP contribution in [0.2, 0.25) is 0 Å². The van der Waals surface area contributed by atoms with Crippen molar-refractivity contribution < 1.29 is 4.79 Å². The smallest absolute Gasteiger partial charge is 0.219 e. The van der Waals surface area contributed by atoms with Crippen molar-refractivity contribution in [2.45, 2.75) is 19.8 Å². The third-order valence-electron chi connectivity index (χ3n) is 4.73. The lowest BCUT2D eigenvalue weighted by Gasteiger charge is -2.36. The van der Waals surface area contributed by atoms with Crippen molar-refractivity contribution in [1.82, 2.24) is 9.80 Å². The molecular weight excluding hydrogens is 212 g/mol. The molecule has 2 fully saturated rings. The minimum Gasteiger partial charge on any atom is -0.340 e. The fourth-order valence-electron chi connectivity index (χ4n) is 3.68. The molecule has 0 radical (unpaired) electrons. The molecule has 0 aromatic carbocycles. The third-order valence-corrected chi connectivity index (χ3v) is 4.73. The predicted molar refractivity (Wildman–Crippen MR) is 67.5 cm³/mol. The van der Waals surface area contributed by atoms with E-state index in [1.165, 1.54) is 19.4 Å². The maximum Gasteiger partial charge on any atom is 0.219 e. The summed E-state index contributed by atoms with van der Waals surface area (Å²) in [6.45, 7) is 6.90. The van der Waals surface area contributed by atoms with Gasteiger partial charge in [0, 0.05) is 39.6 Å². The number of piperazine rings is 1. The molecule has 3 aliphatic rings. The summed E-state index contributed by atoms with van der Waals surface area (Å²) in [5, 5.41) is 0. The molecule has 0 aromatic heterocycles. The highest BCUT2D eigenvalue weighted by Gasteiger charge is 2.36. The van der Waals surface area contributed by atoms with E-state index in [0.717, 1.165) is 43.9 Å². The molecule has 0 spiro atoms. The predicted octanol–water partition coefficient (Wildman–Crippen LogP) is 1.36. The van der Waals surface area contributed by atoms with E-state index < -0.39 is 0 Å². The molecule has 94 valence electrons. The Morgan fingerprint density at radius 1 is 1.18 bits per heavy atom. The summed E-state index contributed by atoms with van der Waals surface area (Å²) in [5.74, 6) is 2.84. The topological polar surface area (TPSA) is 23.6 Å². The molecule has 0 aromatic rings. The van der Waals surface area contributed by atoms with Crippen LogP contribution in [0.5, 0.6) is 0 Å². The Morgan fingerprint density at radius 3 is 2.47 bits per heavy atom. The summed E-state index contributed by atoms with van der Waals surface area (Å²) in [6.07, 6.45) is 7.64. The average Bonchev–Trinajstić information content (AvgIpc) is 2.91. The molecule has 1 saturated heterocycles. The summed E-state index contributed by atoms with van der Waals surface area (Å²) < 4.78 is 0. The lowest BCUT2D eigenvalue weighted by atomic mass is 9.93. The van der Waals surface area contributed by atoms with Crippen molar-refractivity contribution in [1.29, 1.82) is 0 Å². The fraction of sp³-hybridized carbons (Fsp3) is 0.786. The first-order valence-electron chi connectivity index (χ1n) is 6.88. The lowest BCUT2D eigenvalue weighted by molar-refractivity contribution is -0.130. The molecule has 3 rings (SSSR count). The molecule has 1 amide bonds. The van der Waals surface area contributed by atoms with Crippen LogP contribution in [0.15, 0.2) is 12.2 Å². The summed E-state index contributed by atoms with van der Waals surface area (Å²) in [6, 6.07) is 0. The van der Waals surface area contributed by atoms with Gasteiger partial charge in [-0.1, -0.05) is 12.2 Å². The quantitative estimate of drug-likeness (QED) is 0.674. The van der Waals surface area contributed by atoms with Gasteiger partial charge in [-0.2, -0.15) is 0 Å². The number of amides is 1. The first-order chi connectivity index (χ1) is 8.22. The zero-order valence-corrected chi connectivity index (χ0v) is 10.6. The van der Waals surface area contributed by atoms with Crippen molar-refractivity contribution >= 4 is 5.91 Å². The minimum absolute atomic E-state index is 0.229. The third kappa shape index (κ3) is 2.25. The number of carbonyl (C=O) groups excluding carboxylic acids is 1. The van der Waals surface area contributed by atoms with E-state index in [1.54, 1.807) is 6.92 Å². The van der Waals surface area contributed by atoms with Crippen molar-refractivity contribution in [3.63, 3.8) is 0 Å². The Hall–Kier alpha value is -0.830. The number of hydrogen-bond acceptors (Lipinski definition) is 2. The minimum atomic E-state index is 0.229. The molecular formula is C14H22N2O. The second kappa shape index (κ2) is 4.45. The van der Waals surface area contributed by atoms with Crippen LogP contribution >= 0.6 is 0 Å². The number of fused-ring (bicyclic) bond motifs is 2. The maximum atomic E-state index is 11.3. The number of nitrogens with zero attached hydrogens (tertiary/aromatic N) is 2. The van der Waals surface area contributed by atoms with Gasteiger partial charge in [-0.3, -0.25) is 9.69 Å². The van der Waals surface area contributed by atoms with Crippen LogP contribution in [0, 0.1) is 17.8 Å². The summed E-state index contributed by atoms with van der Waals surface area (Å²) >= 11 is 0. The van der Waals surface area contributed by atoms with Crippen LogP contribution < -0.4 is 0 Å². The van der Waals surface area contributed by atoms with Gasteiger partial charge in [0.2, 0.25) is 5.91 Å². The second-order valence-corrected chi connectivity index (χ2v) is 5.85. The Morgan fingerprint density at radius 2 is 1.94 bits per heavy atom. The molecule has 3 nitrogen and oxygen atoms in total. The molecule has 2 bridgehead atoms. The SMILES string of the molecule is CC(=O)N1CCN(CC2CC3C=CC2C3)CC1. The molecule has 3 atom stereocenters. The highest BCUT2D eigenvalue weighted by Crippen LogP contribution is 2.43. The van der Waals surface area contributed by atoms with Gasteiger partial charge in [0.15, 0.2) is 0 Å². The highest BCUT2D eigenvalue weighted by molar-refractivity contribution is 5.73. The van der Waals surface area contributed by atoms with Gasteiger partial charge in [0.1, 0.15) is 0 Å². The zero-order chi connectivity index (χ0) is 11.8. The van der Waals surface area contributed by atoms with E-state index in [4.69, 9.17) is 0 Å². The molecule has 0 N–H and O–H groups in total. The van der Waals surface area contributed by atoms with Gasteiger partial charge < -0.3 is 4.90 Å². The van der Waals surface area contributed by atoms with Crippen molar-refractivity contribution in [3.05, 3.63) is 12.2 Å². The largest absolute Gasteiger partial charge is 0.340 e. The first kappa shape index (κ1) is 11.3. The number of carbonyl (C=O) groups is 1. The van der Waals surface area contributed by atoms with Crippen LogP contribution in [0.4, 0.5) is 0 Å². The average molecular weight is 234 g/mol. The first-order valence-corrected chi connectivity index (χ1v) is 6.88. The molecule has 3 unspecified atom stereocenters. The fourth-order valence-corrected chi connectivity index (χ4v) is 3.68. The number of hydrogen-bond donors (Lipinski definition) is 0. The van der Waals surface area contributed by atoms with Gasteiger partial charge in [-0.25, -0.2) is 0 Å². The van der Waals surface area contributed by atoms with Crippen LogP contribution in [0.1, 0.15) is 19.8 Å². The maximum absolute atomic E-state index is 11.3. The van der Waals surface area contributed by atoms with Gasteiger partial charge in [-0.15, -0.1) is 0 Å². The Labute approximate surface area is 103 Å².